The predicted molar refractivity (Wildman–Crippen MR) is 97.8 cm³/mol. The third-order valence-electron chi connectivity index (χ3n) is 4.30. The third kappa shape index (κ3) is 3.03. The molecular formula is C18H17NO3S2. The number of carbonyl (C=O) groups is 2. The number of esters is 1. The van der Waals surface area contributed by atoms with Gasteiger partial charge >= 0.3 is 5.97 Å². The highest BCUT2D eigenvalue weighted by Crippen LogP contribution is 2.39. The van der Waals surface area contributed by atoms with Crippen molar-refractivity contribution in [1.29, 1.82) is 0 Å². The fraction of sp³-hybridized carbons (Fsp3) is 0.333. The van der Waals surface area contributed by atoms with Crippen molar-refractivity contribution in [3.8, 4) is 0 Å². The molecule has 1 amide bonds. The lowest BCUT2D eigenvalue weighted by molar-refractivity contribution is -0.124. The van der Waals surface area contributed by atoms with Gasteiger partial charge in [-0.15, -0.1) is 22.7 Å². The van der Waals surface area contributed by atoms with Crippen LogP contribution in [0.2, 0.25) is 0 Å². The number of amides is 1. The normalized spacial score (nSPS) is 15.5. The molecule has 1 atom stereocenters. The topological polar surface area (TPSA) is 55.4 Å². The Morgan fingerprint density at radius 1 is 1.25 bits per heavy atom. The Labute approximate surface area is 147 Å². The van der Waals surface area contributed by atoms with Crippen molar-refractivity contribution < 1.29 is 14.3 Å². The molecular weight excluding hydrogens is 342 g/mol. The molecule has 1 unspecified atom stereocenters. The molecule has 1 fully saturated rings. The second kappa shape index (κ2) is 6.18. The molecule has 124 valence electrons. The van der Waals surface area contributed by atoms with Crippen molar-refractivity contribution in [2.75, 3.05) is 6.61 Å². The molecule has 1 aliphatic carbocycles. The maximum atomic E-state index is 12.2. The van der Waals surface area contributed by atoms with Gasteiger partial charge < -0.3 is 10.1 Å². The number of carbonyl (C=O) groups excluding carboxylic acids is 2. The molecule has 0 aliphatic heterocycles. The summed E-state index contributed by atoms with van der Waals surface area (Å²) in [7, 11) is 0. The summed E-state index contributed by atoms with van der Waals surface area (Å²) in [5, 5.41) is 4.05. The second-order valence-corrected chi connectivity index (χ2v) is 8.31. The Morgan fingerprint density at radius 3 is 2.83 bits per heavy atom. The van der Waals surface area contributed by atoms with Crippen molar-refractivity contribution in [2.24, 2.45) is 5.92 Å². The van der Waals surface area contributed by atoms with Gasteiger partial charge in [-0.05, 0) is 37.8 Å². The summed E-state index contributed by atoms with van der Waals surface area (Å²) in [6.45, 7) is 1.78. The van der Waals surface area contributed by atoms with Crippen LogP contribution in [0.4, 0.5) is 0 Å². The highest BCUT2D eigenvalue weighted by molar-refractivity contribution is 7.33. The molecule has 4 rings (SSSR count). The van der Waals surface area contributed by atoms with Crippen molar-refractivity contribution in [3.05, 3.63) is 35.2 Å². The van der Waals surface area contributed by atoms with Gasteiger partial charge in [0.05, 0.1) is 4.70 Å². The summed E-state index contributed by atoms with van der Waals surface area (Å²) < 4.78 is 8.57. The molecule has 1 aliphatic rings. The van der Waals surface area contributed by atoms with Crippen LogP contribution in [0.25, 0.3) is 19.5 Å². The molecule has 24 heavy (non-hydrogen) atoms. The standard InChI is InChI=1S/C18H17NO3S2/c1-10(11-6-7-11)19-16(20)9-22-18(21)15-8-14-17(24-15)12-4-2-3-5-13(12)23-14/h2-5,8,10-11H,6-7,9H2,1H3,(H,19,20). The molecule has 1 aromatic carbocycles. The van der Waals surface area contributed by atoms with Crippen LogP contribution in [0.15, 0.2) is 30.3 Å². The first kappa shape index (κ1) is 15.6. The van der Waals surface area contributed by atoms with Crippen LogP contribution in [-0.2, 0) is 9.53 Å². The summed E-state index contributed by atoms with van der Waals surface area (Å²) >= 11 is 3.09. The van der Waals surface area contributed by atoms with Crippen LogP contribution in [0.3, 0.4) is 0 Å². The molecule has 2 heterocycles. The van der Waals surface area contributed by atoms with Crippen molar-refractivity contribution in [3.63, 3.8) is 0 Å². The Bertz CT molecular complexity index is 923. The lowest BCUT2D eigenvalue weighted by Gasteiger charge is -2.12. The van der Waals surface area contributed by atoms with E-state index in [9.17, 15) is 9.59 Å². The van der Waals surface area contributed by atoms with Crippen LogP contribution < -0.4 is 5.32 Å². The smallest absolute Gasteiger partial charge is 0.348 e. The number of rotatable bonds is 5. The maximum absolute atomic E-state index is 12.2. The van der Waals surface area contributed by atoms with Crippen molar-refractivity contribution in [1.82, 2.24) is 5.32 Å². The fourth-order valence-electron chi connectivity index (χ4n) is 2.81. The van der Waals surface area contributed by atoms with Gasteiger partial charge in [0.25, 0.3) is 5.91 Å². The summed E-state index contributed by atoms with van der Waals surface area (Å²) in [5.41, 5.74) is 0. The zero-order valence-corrected chi connectivity index (χ0v) is 14.8. The van der Waals surface area contributed by atoms with Crippen LogP contribution in [0, 0.1) is 5.92 Å². The predicted octanol–water partition coefficient (Wildman–Crippen LogP) is 4.19. The lowest BCUT2D eigenvalue weighted by atomic mass is 10.2. The average Bonchev–Trinajstić information content (AvgIpc) is 3.25. The first-order chi connectivity index (χ1) is 11.6. The van der Waals surface area contributed by atoms with Gasteiger partial charge in [0.1, 0.15) is 4.88 Å². The van der Waals surface area contributed by atoms with Gasteiger partial charge in [-0.1, -0.05) is 18.2 Å². The summed E-state index contributed by atoms with van der Waals surface area (Å²) in [5.74, 6) is -0.0738. The molecule has 1 saturated carbocycles. The van der Waals surface area contributed by atoms with Gasteiger partial charge in [-0.3, -0.25) is 4.79 Å². The largest absolute Gasteiger partial charge is 0.451 e. The van der Waals surface area contributed by atoms with E-state index < -0.39 is 5.97 Å². The Kier molecular flexibility index (Phi) is 4.02. The monoisotopic (exact) mass is 359 g/mol. The minimum Gasteiger partial charge on any atom is -0.451 e. The van der Waals surface area contributed by atoms with E-state index in [1.165, 1.54) is 28.9 Å². The highest BCUT2D eigenvalue weighted by Gasteiger charge is 2.29. The summed E-state index contributed by atoms with van der Waals surface area (Å²) in [6, 6.07) is 10.2. The Morgan fingerprint density at radius 2 is 2.04 bits per heavy atom. The molecule has 6 heteroatoms. The molecule has 4 nitrogen and oxygen atoms in total. The lowest BCUT2D eigenvalue weighted by Crippen LogP contribution is -2.37. The van der Waals surface area contributed by atoms with E-state index >= 15 is 0 Å². The zero-order valence-electron chi connectivity index (χ0n) is 13.2. The van der Waals surface area contributed by atoms with Gasteiger partial charge in [0, 0.05) is 20.8 Å². The van der Waals surface area contributed by atoms with E-state index in [0.717, 1.165) is 14.8 Å². The fourth-order valence-corrected chi connectivity index (χ4v) is 5.23. The maximum Gasteiger partial charge on any atom is 0.348 e. The van der Waals surface area contributed by atoms with Gasteiger partial charge in [-0.2, -0.15) is 0 Å². The van der Waals surface area contributed by atoms with Crippen LogP contribution in [0.1, 0.15) is 29.4 Å². The first-order valence-corrected chi connectivity index (χ1v) is 9.62. The van der Waals surface area contributed by atoms with E-state index in [1.807, 2.05) is 25.1 Å². The number of benzene rings is 1. The van der Waals surface area contributed by atoms with Crippen LogP contribution in [-0.4, -0.2) is 24.5 Å². The van der Waals surface area contributed by atoms with E-state index in [1.54, 1.807) is 11.3 Å². The number of nitrogens with one attached hydrogen (secondary N) is 1. The quantitative estimate of drug-likeness (QED) is 0.695. The molecule has 0 spiro atoms. The Balaban J connectivity index is 1.42. The Hall–Kier alpha value is -1.92. The number of hydrogen-bond donors (Lipinski definition) is 1. The number of ether oxygens (including phenoxy) is 1. The van der Waals surface area contributed by atoms with Crippen LogP contribution >= 0.6 is 22.7 Å². The summed E-state index contributed by atoms with van der Waals surface area (Å²) in [6.07, 6.45) is 2.34. The number of thiophene rings is 2. The zero-order chi connectivity index (χ0) is 16.7. The minimum atomic E-state index is -0.429. The third-order valence-corrected chi connectivity index (χ3v) is 6.70. The van der Waals surface area contributed by atoms with E-state index in [4.69, 9.17) is 4.74 Å². The minimum absolute atomic E-state index is 0.162. The molecule has 0 bridgehead atoms. The van der Waals surface area contributed by atoms with Crippen LogP contribution in [0.5, 0.6) is 0 Å². The SMILES string of the molecule is CC(NC(=O)COC(=O)c1cc2sc3ccccc3c2s1)C1CC1. The second-order valence-electron chi connectivity index (χ2n) is 6.17. The van der Waals surface area contributed by atoms with E-state index in [2.05, 4.69) is 17.4 Å². The molecule has 2 aromatic heterocycles. The first-order valence-electron chi connectivity index (χ1n) is 7.99. The number of fused-ring (bicyclic) bond motifs is 3. The van der Waals surface area contributed by atoms with Gasteiger partial charge in [0.15, 0.2) is 6.61 Å². The average molecular weight is 359 g/mol. The van der Waals surface area contributed by atoms with E-state index in [-0.39, 0.29) is 18.6 Å². The molecule has 1 N–H and O–H groups in total. The molecule has 0 saturated heterocycles. The van der Waals surface area contributed by atoms with Crippen molar-refractivity contribution >= 4 is 54.0 Å². The van der Waals surface area contributed by atoms with Crippen molar-refractivity contribution in [2.45, 2.75) is 25.8 Å². The summed E-state index contributed by atoms with van der Waals surface area (Å²) in [4.78, 5) is 24.6. The highest BCUT2D eigenvalue weighted by atomic mass is 32.1. The van der Waals surface area contributed by atoms with Gasteiger partial charge in [-0.25, -0.2) is 4.79 Å². The number of hydrogen-bond acceptors (Lipinski definition) is 5. The van der Waals surface area contributed by atoms with E-state index in [0.29, 0.717) is 10.8 Å². The molecule has 3 aromatic rings. The van der Waals surface area contributed by atoms with Gasteiger partial charge in [0.2, 0.25) is 0 Å². The molecule has 0 radical (unpaired) electrons.